The molecular formula is C13H18N4S. The molecule has 4 nitrogen and oxygen atoms in total. The minimum absolute atomic E-state index is 0.813. The summed E-state index contributed by atoms with van der Waals surface area (Å²) in [6.07, 6.45) is 2.67. The summed E-state index contributed by atoms with van der Waals surface area (Å²) >= 11 is 1.77. The van der Waals surface area contributed by atoms with Crippen LogP contribution in [0.5, 0.6) is 0 Å². The van der Waals surface area contributed by atoms with Gasteiger partial charge in [-0.15, -0.1) is 11.3 Å². The molecule has 0 aliphatic heterocycles. The molecule has 0 aliphatic carbocycles. The van der Waals surface area contributed by atoms with Crippen LogP contribution >= 0.6 is 11.3 Å². The molecule has 96 valence electrons. The fourth-order valence-electron chi connectivity index (χ4n) is 1.56. The highest BCUT2D eigenvalue weighted by molar-refractivity contribution is 7.10. The molecule has 0 radical (unpaired) electrons. The van der Waals surface area contributed by atoms with Gasteiger partial charge in [0.25, 0.3) is 0 Å². The number of nitrogens with one attached hydrogen (secondary N) is 2. The predicted molar refractivity (Wildman–Crippen MR) is 77.2 cm³/mol. The van der Waals surface area contributed by atoms with Crippen molar-refractivity contribution in [3.8, 4) is 0 Å². The van der Waals surface area contributed by atoms with E-state index in [9.17, 15) is 0 Å². The SMILES string of the molecule is CCCNc1cc(NCc2sccc2C)ncn1. The first-order valence-electron chi connectivity index (χ1n) is 6.12. The van der Waals surface area contributed by atoms with E-state index in [1.54, 1.807) is 17.7 Å². The van der Waals surface area contributed by atoms with Gasteiger partial charge in [0.1, 0.15) is 18.0 Å². The van der Waals surface area contributed by atoms with Crippen LogP contribution in [0.3, 0.4) is 0 Å². The second kappa shape index (κ2) is 6.35. The molecule has 5 heteroatoms. The van der Waals surface area contributed by atoms with Crippen LogP contribution < -0.4 is 10.6 Å². The normalized spacial score (nSPS) is 10.3. The van der Waals surface area contributed by atoms with Crippen molar-refractivity contribution in [3.63, 3.8) is 0 Å². The molecule has 0 unspecified atom stereocenters. The van der Waals surface area contributed by atoms with Crippen molar-refractivity contribution in [1.82, 2.24) is 9.97 Å². The summed E-state index contributed by atoms with van der Waals surface area (Å²) in [5.74, 6) is 1.73. The van der Waals surface area contributed by atoms with Crippen molar-refractivity contribution in [1.29, 1.82) is 0 Å². The van der Waals surface area contributed by atoms with E-state index in [1.807, 2.05) is 6.07 Å². The van der Waals surface area contributed by atoms with Gasteiger partial charge in [-0.1, -0.05) is 6.92 Å². The standard InChI is InChI=1S/C13H18N4S/c1-3-5-14-12-7-13(17-9-16-12)15-8-11-10(2)4-6-18-11/h4,6-7,9H,3,5,8H2,1-2H3,(H2,14,15,16,17). The molecule has 0 amide bonds. The predicted octanol–water partition coefficient (Wildman–Crippen LogP) is 3.28. The van der Waals surface area contributed by atoms with Crippen molar-refractivity contribution < 1.29 is 0 Å². The molecule has 2 rings (SSSR count). The Morgan fingerprint density at radius 2 is 2.00 bits per heavy atom. The lowest BCUT2D eigenvalue weighted by atomic mass is 10.3. The fraction of sp³-hybridized carbons (Fsp3) is 0.385. The van der Waals surface area contributed by atoms with Crippen molar-refractivity contribution >= 4 is 23.0 Å². The van der Waals surface area contributed by atoms with Gasteiger partial charge in [0.2, 0.25) is 0 Å². The minimum atomic E-state index is 0.813. The Hall–Kier alpha value is -1.62. The lowest BCUT2D eigenvalue weighted by Crippen LogP contribution is -2.05. The Morgan fingerprint density at radius 1 is 1.22 bits per heavy atom. The minimum Gasteiger partial charge on any atom is -0.370 e. The molecule has 2 N–H and O–H groups in total. The zero-order valence-electron chi connectivity index (χ0n) is 10.7. The van der Waals surface area contributed by atoms with Crippen molar-refractivity contribution in [3.05, 3.63) is 34.3 Å². The molecule has 0 aromatic carbocycles. The number of hydrogen-bond acceptors (Lipinski definition) is 5. The quantitative estimate of drug-likeness (QED) is 0.839. The lowest BCUT2D eigenvalue weighted by molar-refractivity contribution is 0.963. The third-order valence-electron chi connectivity index (χ3n) is 2.62. The third kappa shape index (κ3) is 3.43. The molecule has 0 aliphatic rings. The second-order valence-corrected chi connectivity index (χ2v) is 5.10. The highest BCUT2D eigenvalue weighted by Crippen LogP contribution is 2.17. The average molecular weight is 262 g/mol. The van der Waals surface area contributed by atoms with Gasteiger partial charge in [0, 0.05) is 17.5 Å². The summed E-state index contributed by atoms with van der Waals surface area (Å²) in [5, 5.41) is 8.69. The van der Waals surface area contributed by atoms with Gasteiger partial charge in [0.05, 0.1) is 6.54 Å². The summed E-state index contributed by atoms with van der Waals surface area (Å²) in [4.78, 5) is 9.74. The number of hydrogen-bond donors (Lipinski definition) is 2. The Labute approximate surface area is 111 Å². The number of anilines is 2. The van der Waals surface area contributed by atoms with Gasteiger partial charge in [0.15, 0.2) is 0 Å². The Morgan fingerprint density at radius 3 is 2.67 bits per heavy atom. The van der Waals surface area contributed by atoms with Crippen molar-refractivity contribution in [2.45, 2.75) is 26.8 Å². The van der Waals surface area contributed by atoms with Gasteiger partial charge in [-0.3, -0.25) is 0 Å². The molecule has 0 atom stereocenters. The van der Waals surface area contributed by atoms with Crippen LogP contribution in [0.4, 0.5) is 11.6 Å². The van der Waals surface area contributed by atoms with E-state index in [1.165, 1.54) is 10.4 Å². The van der Waals surface area contributed by atoms with Crippen LogP contribution in [0.1, 0.15) is 23.8 Å². The van der Waals surface area contributed by atoms with Crippen LogP contribution in [-0.2, 0) is 6.54 Å². The first-order chi connectivity index (χ1) is 8.79. The lowest BCUT2D eigenvalue weighted by Gasteiger charge is -2.07. The van der Waals surface area contributed by atoms with E-state index in [2.05, 4.69) is 45.9 Å². The molecule has 0 spiro atoms. The molecule has 2 aromatic heterocycles. The average Bonchev–Trinajstić information content (AvgIpc) is 2.80. The summed E-state index contributed by atoms with van der Waals surface area (Å²) in [6, 6.07) is 4.08. The smallest absolute Gasteiger partial charge is 0.131 e. The zero-order chi connectivity index (χ0) is 12.8. The summed E-state index contributed by atoms with van der Waals surface area (Å²) in [6.45, 7) is 6.00. The largest absolute Gasteiger partial charge is 0.370 e. The van der Waals surface area contributed by atoms with Crippen LogP contribution in [-0.4, -0.2) is 16.5 Å². The van der Waals surface area contributed by atoms with E-state index in [4.69, 9.17) is 0 Å². The number of nitrogens with zero attached hydrogens (tertiary/aromatic N) is 2. The highest BCUT2D eigenvalue weighted by atomic mass is 32.1. The molecule has 2 heterocycles. The number of aromatic nitrogens is 2. The number of thiophene rings is 1. The Kier molecular flexibility index (Phi) is 4.52. The summed E-state index contributed by atoms with van der Waals surface area (Å²) in [5.41, 5.74) is 1.32. The molecule has 0 saturated heterocycles. The maximum Gasteiger partial charge on any atom is 0.131 e. The van der Waals surface area contributed by atoms with Crippen molar-refractivity contribution in [2.24, 2.45) is 0 Å². The summed E-state index contributed by atoms with van der Waals surface area (Å²) in [7, 11) is 0. The Bertz CT molecular complexity index is 495. The van der Waals surface area contributed by atoms with Gasteiger partial charge >= 0.3 is 0 Å². The number of aryl methyl sites for hydroxylation is 1. The van der Waals surface area contributed by atoms with E-state index in [0.717, 1.165) is 31.1 Å². The second-order valence-electron chi connectivity index (χ2n) is 4.10. The Balaban J connectivity index is 1.95. The molecule has 2 aromatic rings. The molecule has 0 saturated carbocycles. The van der Waals surface area contributed by atoms with Gasteiger partial charge in [-0.05, 0) is 30.4 Å². The monoisotopic (exact) mass is 262 g/mol. The molecule has 0 fully saturated rings. The number of rotatable bonds is 6. The first-order valence-corrected chi connectivity index (χ1v) is 7.00. The van der Waals surface area contributed by atoms with Crippen molar-refractivity contribution in [2.75, 3.05) is 17.2 Å². The van der Waals surface area contributed by atoms with Crippen LogP contribution in [0.15, 0.2) is 23.8 Å². The van der Waals surface area contributed by atoms with Gasteiger partial charge in [-0.25, -0.2) is 9.97 Å². The van der Waals surface area contributed by atoms with E-state index >= 15 is 0 Å². The van der Waals surface area contributed by atoms with E-state index in [-0.39, 0.29) is 0 Å². The first kappa shape index (κ1) is 12.8. The maximum absolute atomic E-state index is 4.22. The summed E-state index contributed by atoms with van der Waals surface area (Å²) < 4.78 is 0. The maximum atomic E-state index is 4.22. The van der Waals surface area contributed by atoms with Crippen LogP contribution in [0.2, 0.25) is 0 Å². The third-order valence-corrected chi connectivity index (χ3v) is 3.64. The van der Waals surface area contributed by atoms with Crippen LogP contribution in [0, 0.1) is 6.92 Å². The molecule has 0 bridgehead atoms. The van der Waals surface area contributed by atoms with E-state index < -0.39 is 0 Å². The molecular weight excluding hydrogens is 244 g/mol. The zero-order valence-corrected chi connectivity index (χ0v) is 11.5. The van der Waals surface area contributed by atoms with Crippen LogP contribution in [0.25, 0.3) is 0 Å². The molecule has 18 heavy (non-hydrogen) atoms. The topological polar surface area (TPSA) is 49.8 Å². The van der Waals surface area contributed by atoms with Gasteiger partial charge < -0.3 is 10.6 Å². The van der Waals surface area contributed by atoms with Gasteiger partial charge in [-0.2, -0.15) is 0 Å². The fourth-order valence-corrected chi connectivity index (χ4v) is 2.41. The highest BCUT2D eigenvalue weighted by Gasteiger charge is 2.01. The van der Waals surface area contributed by atoms with E-state index in [0.29, 0.717) is 0 Å².